The maximum absolute atomic E-state index is 13.5. The van der Waals surface area contributed by atoms with Crippen LogP contribution in [0.2, 0.25) is 0 Å². The minimum Gasteiger partial charge on any atom is -0.379 e. The number of rotatable bonds is 6. The first-order valence-electron chi connectivity index (χ1n) is 11.7. The summed E-state index contributed by atoms with van der Waals surface area (Å²) >= 11 is 1.58. The summed E-state index contributed by atoms with van der Waals surface area (Å²) in [5.74, 6) is 0.104. The van der Waals surface area contributed by atoms with Gasteiger partial charge in [-0.05, 0) is 17.0 Å². The number of thiophene rings is 1. The van der Waals surface area contributed by atoms with E-state index in [0.717, 1.165) is 29.2 Å². The van der Waals surface area contributed by atoms with E-state index in [1.165, 1.54) is 0 Å². The molecular formula is C25H29N5O3S. The first-order chi connectivity index (χ1) is 16.7. The predicted molar refractivity (Wildman–Crippen MR) is 131 cm³/mol. The smallest absolute Gasteiger partial charge is 0.257 e. The third kappa shape index (κ3) is 5.22. The van der Waals surface area contributed by atoms with Crippen LogP contribution in [0.1, 0.15) is 15.9 Å². The van der Waals surface area contributed by atoms with E-state index >= 15 is 0 Å². The van der Waals surface area contributed by atoms with Gasteiger partial charge in [-0.3, -0.25) is 19.2 Å². The second-order valence-electron chi connectivity index (χ2n) is 8.61. The molecule has 0 atom stereocenters. The van der Waals surface area contributed by atoms with Gasteiger partial charge < -0.3 is 14.5 Å². The third-order valence-electron chi connectivity index (χ3n) is 6.32. The van der Waals surface area contributed by atoms with Crippen molar-refractivity contribution in [1.29, 1.82) is 0 Å². The molecular weight excluding hydrogens is 450 g/mol. The maximum Gasteiger partial charge on any atom is 0.257 e. The van der Waals surface area contributed by atoms with Gasteiger partial charge >= 0.3 is 0 Å². The summed E-state index contributed by atoms with van der Waals surface area (Å²) in [6.07, 6.45) is 1.86. The molecule has 2 amide bonds. The molecule has 5 rings (SSSR count). The molecule has 0 unspecified atom stereocenters. The molecule has 2 aliphatic rings. The van der Waals surface area contributed by atoms with Crippen LogP contribution in [-0.4, -0.2) is 95.3 Å². The van der Waals surface area contributed by atoms with Crippen LogP contribution in [0.4, 0.5) is 0 Å². The number of benzene rings is 1. The van der Waals surface area contributed by atoms with Crippen LogP contribution in [0, 0.1) is 0 Å². The molecule has 2 aliphatic heterocycles. The average molecular weight is 480 g/mol. The molecule has 0 saturated carbocycles. The molecule has 178 valence electrons. The fraction of sp³-hybridized carbons (Fsp3) is 0.400. The number of carbonyl (C=O) groups is 2. The Morgan fingerprint density at radius 3 is 2.35 bits per heavy atom. The molecule has 9 heteroatoms. The third-order valence-corrected chi connectivity index (χ3v) is 7.19. The highest BCUT2D eigenvalue weighted by molar-refractivity contribution is 7.13. The zero-order valence-electron chi connectivity index (χ0n) is 19.1. The van der Waals surface area contributed by atoms with E-state index in [9.17, 15) is 9.59 Å². The van der Waals surface area contributed by atoms with E-state index in [-0.39, 0.29) is 11.8 Å². The van der Waals surface area contributed by atoms with Crippen molar-refractivity contribution >= 4 is 23.2 Å². The number of nitrogens with zero attached hydrogens (tertiary/aromatic N) is 5. The van der Waals surface area contributed by atoms with Crippen molar-refractivity contribution in [3.8, 4) is 10.6 Å². The maximum atomic E-state index is 13.5. The van der Waals surface area contributed by atoms with Crippen molar-refractivity contribution in [2.75, 3.05) is 59.0 Å². The number of aromatic nitrogens is 2. The number of carbonyl (C=O) groups excluding carboxylic acids is 2. The Hall–Kier alpha value is -3.01. The van der Waals surface area contributed by atoms with Crippen molar-refractivity contribution in [2.24, 2.45) is 0 Å². The van der Waals surface area contributed by atoms with Gasteiger partial charge in [0.05, 0.1) is 36.7 Å². The molecule has 0 N–H and O–H groups in total. The lowest BCUT2D eigenvalue weighted by molar-refractivity contribution is -0.134. The number of piperazine rings is 1. The molecule has 0 aliphatic carbocycles. The van der Waals surface area contributed by atoms with Crippen molar-refractivity contribution in [3.05, 3.63) is 65.2 Å². The van der Waals surface area contributed by atoms with Gasteiger partial charge in [0.25, 0.3) is 5.91 Å². The largest absolute Gasteiger partial charge is 0.379 e. The van der Waals surface area contributed by atoms with Gasteiger partial charge in [0.2, 0.25) is 5.91 Å². The average Bonchev–Trinajstić information content (AvgIpc) is 3.55. The Bertz CT molecular complexity index is 1100. The summed E-state index contributed by atoms with van der Waals surface area (Å²) < 4.78 is 7.21. The van der Waals surface area contributed by atoms with Crippen LogP contribution >= 0.6 is 11.3 Å². The van der Waals surface area contributed by atoms with Crippen molar-refractivity contribution < 1.29 is 14.3 Å². The fourth-order valence-electron chi connectivity index (χ4n) is 4.40. The summed E-state index contributed by atoms with van der Waals surface area (Å²) in [6, 6.07) is 14.1. The van der Waals surface area contributed by atoms with Gasteiger partial charge in [0, 0.05) is 45.5 Å². The van der Waals surface area contributed by atoms with Crippen LogP contribution in [0.5, 0.6) is 0 Å². The van der Waals surface area contributed by atoms with Crippen LogP contribution in [0.15, 0.2) is 54.0 Å². The molecule has 34 heavy (non-hydrogen) atoms. The van der Waals surface area contributed by atoms with E-state index in [1.54, 1.807) is 11.3 Å². The minimum absolute atomic E-state index is 0.0250. The monoisotopic (exact) mass is 479 g/mol. The topological polar surface area (TPSA) is 70.9 Å². The van der Waals surface area contributed by atoms with Crippen molar-refractivity contribution in [3.63, 3.8) is 0 Å². The first kappa shape index (κ1) is 22.8. The van der Waals surface area contributed by atoms with Gasteiger partial charge in [-0.15, -0.1) is 11.3 Å². The molecule has 1 aromatic carbocycles. The quantitative estimate of drug-likeness (QED) is 0.543. The lowest BCUT2D eigenvalue weighted by Gasteiger charge is -2.36. The summed E-state index contributed by atoms with van der Waals surface area (Å²) in [5.41, 5.74) is 2.47. The van der Waals surface area contributed by atoms with E-state index in [4.69, 9.17) is 9.84 Å². The normalized spacial score (nSPS) is 17.2. The molecule has 8 nitrogen and oxygen atoms in total. The van der Waals surface area contributed by atoms with E-state index < -0.39 is 0 Å². The van der Waals surface area contributed by atoms with Crippen LogP contribution < -0.4 is 0 Å². The Kier molecular flexibility index (Phi) is 7.03. The molecule has 0 bridgehead atoms. The van der Waals surface area contributed by atoms with Gasteiger partial charge in [-0.2, -0.15) is 5.10 Å². The van der Waals surface area contributed by atoms with Gasteiger partial charge in [-0.1, -0.05) is 36.4 Å². The van der Waals surface area contributed by atoms with E-state index in [0.29, 0.717) is 58.0 Å². The Morgan fingerprint density at radius 2 is 1.65 bits per heavy atom. The predicted octanol–water partition coefficient (Wildman–Crippen LogP) is 2.28. The molecule has 0 radical (unpaired) electrons. The summed E-state index contributed by atoms with van der Waals surface area (Å²) in [6.45, 7) is 6.15. The molecule has 2 fully saturated rings. The highest BCUT2D eigenvalue weighted by atomic mass is 32.1. The van der Waals surface area contributed by atoms with Gasteiger partial charge in [0.1, 0.15) is 5.69 Å². The molecule has 2 aromatic heterocycles. The van der Waals surface area contributed by atoms with Crippen LogP contribution in [0.3, 0.4) is 0 Å². The summed E-state index contributed by atoms with van der Waals surface area (Å²) in [5, 5.41) is 6.77. The SMILES string of the molecule is O=C(CN1CCOCC1)N1CCN(C(=O)c2cn(Cc3ccccc3)nc2-c2cccs2)CC1. The lowest BCUT2D eigenvalue weighted by atomic mass is 10.1. The van der Waals surface area contributed by atoms with E-state index in [1.807, 2.05) is 56.4 Å². The second-order valence-corrected chi connectivity index (χ2v) is 9.56. The Balaban J connectivity index is 1.26. The number of ether oxygens (including phenoxy) is 1. The van der Waals surface area contributed by atoms with Gasteiger partial charge in [-0.25, -0.2) is 0 Å². The summed E-state index contributed by atoms with van der Waals surface area (Å²) in [7, 11) is 0. The van der Waals surface area contributed by atoms with Crippen molar-refractivity contribution in [1.82, 2.24) is 24.5 Å². The number of morpholine rings is 1. The highest BCUT2D eigenvalue weighted by Gasteiger charge is 2.29. The van der Waals surface area contributed by atoms with E-state index in [2.05, 4.69) is 17.0 Å². The number of hydrogen-bond donors (Lipinski definition) is 0. The first-order valence-corrected chi connectivity index (χ1v) is 12.6. The summed E-state index contributed by atoms with van der Waals surface area (Å²) in [4.78, 5) is 33.1. The Morgan fingerprint density at radius 1 is 0.912 bits per heavy atom. The Labute approximate surface area is 203 Å². The molecule has 0 spiro atoms. The van der Waals surface area contributed by atoms with Crippen LogP contribution in [0.25, 0.3) is 10.6 Å². The lowest BCUT2D eigenvalue weighted by Crippen LogP contribution is -2.53. The fourth-order valence-corrected chi connectivity index (χ4v) is 5.13. The number of amides is 2. The highest BCUT2D eigenvalue weighted by Crippen LogP contribution is 2.28. The molecule has 4 heterocycles. The zero-order chi connectivity index (χ0) is 23.3. The zero-order valence-corrected chi connectivity index (χ0v) is 20.0. The second kappa shape index (κ2) is 10.5. The van der Waals surface area contributed by atoms with Crippen LogP contribution in [-0.2, 0) is 16.1 Å². The van der Waals surface area contributed by atoms with Gasteiger partial charge in [0.15, 0.2) is 0 Å². The van der Waals surface area contributed by atoms with Crippen molar-refractivity contribution in [2.45, 2.75) is 6.54 Å². The molecule has 2 saturated heterocycles. The molecule has 3 aromatic rings. The standard InChI is InChI=1S/C25H29N5O3S/c31-23(19-27-12-14-33-15-13-27)28-8-10-29(11-9-28)25(32)21-18-30(17-20-5-2-1-3-6-20)26-24(21)22-7-4-16-34-22/h1-7,16,18H,8-15,17,19H2. The minimum atomic E-state index is -0.0250. The number of hydrogen-bond acceptors (Lipinski definition) is 6.